The number of hydrogen-bond donors (Lipinski definition) is 3. The van der Waals surface area contributed by atoms with Crippen molar-refractivity contribution < 1.29 is 19.5 Å². The third-order valence-corrected chi connectivity index (χ3v) is 2.63. The minimum Gasteiger partial charge on any atom is -0.478 e. The van der Waals surface area contributed by atoms with Crippen molar-refractivity contribution in [1.82, 2.24) is 15.8 Å². The number of carbonyl (C=O) groups excluding carboxylic acids is 2. The van der Waals surface area contributed by atoms with E-state index in [1.165, 1.54) is 48.8 Å². The molecule has 3 N–H and O–H groups in total. The summed E-state index contributed by atoms with van der Waals surface area (Å²) in [7, 11) is 0. The molecule has 7 nitrogen and oxygen atoms in total. The summed E-state index contributed by atoms with van der Waals surface area (Å²) in [5.41, 5.74) is 4.50. The van der Waals surface area contributed by atoms with Crippen molar-refractivity contribution in [2.45, 2.75) is 0 Å². The Bertz CT molecular complexity index is 686. The number of hydrogen-bond acceptors (Lipinski definition) is 4. The lowest BCUT2D eigenvalue weighted by Crippen LogP contribution is -2.42. The number of aromatic carboxylic acids is 1. The Hall–Kier alpha value is -3.22. The number of nitrogens with one attached hydrogen (secondary N) is 2. The Labute approximate surface area is 119 Å². The molecular weight excluding hydrogens is 274 g/mol. The van der Waals surface area contributed by atoms with Crippen molar-refractivity contribution in [2.24, 2.45) is 0 Å². The van der Waals surface area contributed by atoms with Crippen molar-refractivity contribution in [3.05, 3.63) is 65.5 Å². The molecule has 21 heavy (non-hydrogen) atoms. The number of benzene rings is 1. The van der Waals surface area contributed by atoms with Crippen LogP contribution in [0, 0.1) is 0 Å². The molecule has 2 rings (SSSR count). The predicted octanol–water partition coefficient (Wildman–Crippen LogP) is 0.855. The van der Waals surface area contributed by atoms with Gasteiger partial charge in [0.1, 0.15) is 0 Å². The van der Waals surface area contributed by atoms with Crippen LogP contribution in [-0.4, -0.2) is 27.9 Å². The van der Waals surface area contributed by atoms with E-state index in [4.69, 9.17) is 5.11 Å². The lowest BCUT2D eigenvalue weighted by Gasteiger charge is -2.09. The average molecular weight is 285 g/mol. The number of amides is 2. The molecule has 0 atom stereocenters. The maximum atomic E-state index is 11.9. The maximum absolute atomic E-state index is 11.9. The van der Waals surface area contributed by atoms with E-state index in [9.17, 15) is 14.4 Å². The van der Waals surface area contributed by atoms with E-state index in [-0.39, 0.29) is 11.1 Å². The summed E-state index contributed by atoms with van der Waals surface area (Å²) in [6, 6.07) is 8.67. The fourth-order valence-electron chi connectivity index (χ4n) is 1.62. The number of carboxylic acids is 1. The molecule has 0 spiro atoms. The van der Waals surface area contributed by atoms with Crippen molar-refractivity contribution in [1.29, 1.82) is 0 Å². The van der Waals surface area contributed by atoms with Gasteiger partial charge in [-0.2, -0.15) is 0 Å². The Balaban J connectivity index is 2.06. The number of nitrogens with zero attached hydrogens (tertiary/aromatic N) is 1. The van der Waals surface area contributed by atoms with Gasteiger partial charge in [-0.15, -0.1) is 0 Å². The van der Waals surface area contributed by atoms with Gasteiger partial charge in [-0.05, 0) is 24.3 Å². The predicted molar refractivity (Wildman–Crippen MR) is 72.6 cm³/mol. The third kappa shape index (κ3) is 3.41. The molecule has 0 aliphatic carbocycles. The van der Waals surface area contributed by atoms with Gasteiger partial charge in [0.05, 0.1) is 11.1 Å². The van der Waals surface area contributed by atoms with Crippen molar-refractivity contribution in [2.75, 3.05) is 0 Å². The molecule has 106 valence electrons. The number of rotatable bonds is 3. The quantitative estimate of drug-likeness (QED) is 0.725. The van der Waals surface area contributed by atoms with E-state index in [0.29, 0.717) is 5.56 Å². The molecule has 0 unspecified atom stereocenters. The van der Waals surface area contributed by atoms with Crippen LogP contribution in [0.3, 0.4) is 0 Å². The minimum absolute atomic E-state index is 0.0416. The highest BCUT2D eigenvalue weighted by atomic mass is 16.4. The summed E-state index contributed by atoms with van der Waals surface area (Å²) in [6.07, 6.45) is 2.88. The molecule has 0 aliphatic rings. The number of carbonyl (C=O) groups is 3. The first kappa shape index (κ1) is 14.2. The van der Waals surface area contributed by atoms with Gasteiger partial charge in [0, 0.05) is 18.0 Å². The smallest absolute Gasteiger partial charge is 0.336 e. The summed E-state index contributed by atoms with van der Waals surface area (Å²) in [5.74, 6) is -2.46. The largest absolute Gasteiger partial charge is 0.478 e. The second-order valence-electron chi connectivity index (χ2n) is 3.99. The SMILES string of the molecule is O=C(NNC(=O)c1ccccc1C(=O)O)c1ccncc1. The number of pyridine rings is 1. The van der Waals surface area contributed by atoms with Crippen LogP contribution in [0.4, 0.5) is 0 Å². The van der Waals surface area contributed by atoms with Gasteiger partial charge in [-0.1, -0.05) is 12.1 Å². The Morgan fingerprint density at radius 3 is 2.05 bits per heavy atom. The van der Waals surface area contributed by atoms with E-state index in [1.807, 2.05) is 0 Å². The van der Waals surface area contributed by atoms with Crippen molar-refractivity contribution in [3.63, 3.8) is 0 Å². The molecule has 0 saturated heterocycles. The van der Waals surface area contributed by atoms with Gasteiger partial charge in [-0.25, -0.2) is 4.79 Å². The second kappa shape index (κ2) is 6.29. The van der Waals surface area contributed by atoms with Crippen LogP contribution in [0.1, 0.15) is 31.1 Å². The summed E-state index contributed by atoms with van der Waals surface area (Å²) in [6.45, 7) is 0. The van der Waals surface area contributed by atoms with Gasteiger partial charge in [-0.3, -0.25) is 25.4 Å². The maximum Gasteiger partial charge on any atom is 0.336 e. The number of aromatic nitrogens is 1. The zero-order valence-electron chi connectivity index (χ0n) is 10.7. The lowest BCUT2D eigenvalue weighted by molar-refractivity contribution is 0.0690. The van der Waals surface area contributed by atoms with Crippen molar-refractivity contribution in [3.8, 4) is 0 Å². The highest BCUT2D eigenvalue weighted by Gasteiger charge is 2.16. The van der Waals surface area contributed by atoms with E-state index in [2.05, 4.69) is 15.8 Å². The molecule has 0 aliphatic heterocycles. The first-order valence-corrected chi connectivity index (χ1v) is 5.92. The van der Waals surface area contributed by atoms with E-state index < -0.39 is 17.8 Å². The summed E-state index contributed by atoms with van der Waals surface area (Å²) >= 11 is 0. The molecule has 0 bridgehead atoms. The lowest BCUT2D eigenvalue weighted by atomic mass is 10.1. The van der Waals surface area contributed by atoms with Gasteiger partial charge in [0.15, 0.2) is 0 Å². The number of carboxylic acid groups (broad SMARTS) is 1. The second-order valence-corrected chi connectivity index (χ2v) is 3.99. The Kier molecular flexibility index (Phi) is 4.25. The van der Waals surface area contributed by atoms with Crippen LogP contribution < -0.4 is 10.9 Å². The summed E-state index contributed by atoms with van der Waals surface area (Å²) < 4.78 is 0. The topological polar surface area (TPSA) is 108 Å². The van der Waals surface area contributed by atoms with Crippen LogP contribution in [0.25, 0.3) is 0 Å². The minimum atomic E-state index is -1.22. The van der Waals surface area contributed by atoms with Crippen LogP contribution in [0.5, 0.6) is 0 Å². The molecule has 0 radical (unpaired) electrons. The monoisotopic (exact) mass is 285 g/mol. The van der Waals surface area contributed by atoms with E-state index in [0.717, 1.165) is 0 Å². The van der Waals surface area contributed by atoms with E-state index >= 15 is 0 Å². The standard InChI is InChI=1S/C14H11N3O4/c18-12(9-5-7-15-8-6-9)16-17-13(19)10-3-1-2-4-11(10)14(20)21/h1-8H,(H,16,18)(H,17,19)(H,20,21). The zero-order valence-corrected chi connectivity index (χ0v) is 10.7. The molecule has 1 aromatic carbocycles. The van der Waals surface area contributed by atoms with Gasteiger partial charge < -0.3 is 5.11 Å². The van der Waals surface area contributed by atoms with Crippen LogP contribution in [0.2, 0.25) is 0 Å². The average Bonchev–Trinajstić information content (AvgIpc) is 2.53. The molecule has 1 heterocycles. The molecule has 7 heteroatoms. The fourth-order valence-corrected chi connectivity index (χ4v) is 1.62. The van der Waals surface area contributed by atoms with E-state index in [1.54, 1.807) is 0 Å². The zero-order chi connectivity index (χ0) is 15.2. The first-order chi connectivity index (χ1) is 10.1. The van der Waals surface area contributed by atoms with Gasteiger partial charge in [0.25, 0.3) is 11.8 Å². The van der Waals surface area contributed by atoms with Crippen LogP contribution >= 0.6 is 0 Å². The molecule has 2 amide bonds. The number of hydrazine groups is 1. The Morgan fingerprint density at radius 2 is 1.43 bits per heavy atom. The van der Waals surface area contributed by atoms with Gasteiger partial charge in [0.2, 0.25) is 0 Å². The fraction of sp³-hybridized carbons (Fsp3) is 0. The van der Waals surface area contributed by atoms with Crippen molar-refractivity contribution >= 4 is 17.8 Å². The van der Waals surface area contributed by atoms with Crippen LogP contribution in [-0.2, 0) is 0 Å². The van der Waals surface area contributed by atoms with Crippen LogP contribution in [0.15, 0.2) is 48.8 Å². The first-order valence-electron chi connectivity index (χ1n) is 5.92. The molecule has 1 aromatic heterocycles. The molecule has 0 fully saturated rings. The third-order valence-electron chi connectivity index (χ3n) is 2.63. The summed E-state index contributed by atoms with van der Waals surface area (Å²) in [4.78, 5) is 38.4. The normalized spacial score (nSPS) is 9.71. The molecule has 0 saturated carbocycles. The highest BCUT2D eigenvalue weighted by Crippen LogP contribution is 2.08. The summed E-state index contributed by atoms with van der Waals surface area (Å²) in [5, 5.41) is 9.00. The Morgan fingerprint density at radius 1 is 0.857 bits per heavy atom. The van der Waals surface area contributed by atoms with Gasteiger partial charge >= 0.3 is 5.97 Å². The molecular formula is C14H11N3O4. The molecule has 2 aromatic rings. The highest BCUT2D eigenvalue weighted by molar-refractivity contribution is 6.05.